The van der Waals surface area contributed by atoms with E-state index in [1.807, 2.05) is 6.92 Å². The fraction of sp³-hybridized carbons (Fsp3) is 0.333. The molecule has 0 aliphatic heterocycles. The largest absolute Gasteiger partial charge is 0.354 e. The molecule has 2 rings (SSSR count). The molecule has 0 aliphatic carbocycles. The third-order valence-corrected chi connectivity index (χ3v) is 5.11. The summed E-state index contributed by atoms with van der Waals surface area (Å²) in [5.74, 6) is -1.09. The van der Waals surface area contributed by atoms with Gasteiger partial charge in [0.1, 0.15) is 11.9 Å². The molecule has 0 spiro atoms. The Bertz CT molecular complexity index is 825. The van der Waals surface area contributed by atoms with Gasteiger partial charge in [0.05, 0.1) is 6.42 Å². The smallest absolute Gasteiger partial charge is 0.242 e. The van der Waals surface area contributed by atoms with E-state index in [9.17, 15) is 14.0 Å². The molecule has 0 fully saturated rings. The van der Waals surface area contributed by atoms with Gasteiger partial charge in [-0.1, -0.05) is 54.4 Å². The summed E-state index contributed by atoms with van der Waals surface area (Å²) in [6, 6.07) is 10.4. The SMILES string of the molecule is CCCNC(=O)C(C)N(Cc1ccccc1F)C(=O)Cc1c(Cl)cccc1Cl. The lowest BCUT2D eigenvalue weighted by atomic mass is 10.1. The average molecular weight is 425 g/mol. The van der Waals surface area contributed by atoms with Gasteiger partial charge in [0.15, 0.2) is 0 Å². The molecule has 0 radical (unpaired) electrons. The lowest BCUT2D eigenvalue weighted by Crippen LogP contribution is -2.48. The van der Waals surface area contributed by atoms with Crippen LogP contribution in [0.15, 0.2) is 42.5 Å². The number of nitrogens with zero attached hydrogens (tertiary/aromatic N) is 1. The molecule has 0 heterocycles. The minimum Gasteiger partial charge on any atom is -0.354 e. The van der Waals surface area contributed by atoms with Crippen molar-refractivity contribution in [3.05, 3.63) is 69.5 Å². The first-order valence-corrected chi connectivity index (χ1v) is 9.84. The Labute approximate surface area is 174 Å². The zero-order valence-electron chi connectivity index (χ0n) is 15.8. The monoisotopic (exact) mass is 424 g/mol. The van der Waals surface area contributed by atoms with Gasteiger partial charge in [0.25, 0.3) is 0 Å². The van der Waals surface area contributed by atoms with E-state index in [4.69, 9.17) is 23.2 Å². The van der Waals surface area contributed by atoms with Gasteiger partial charge < -0.3 is 10.2 Å². The third kappa shape index (κ3) is 5.69. The number of carbonyl (C=O) groups excluding carboxylic acids is 2. The summed E-state index contributed by atoms with van der Waals surface area (Å²) in [5.41, 5.74) is 0.812. The minimum atomic E-state index is -0.778. The van der Waals surface area contributed by atoms with Crippen LogP contribution in [0.2, 0.25) is 10.0 Å². The Morgan fingerprint density at radius 3 is 2.36 bits per heavy atom. The first-order chi connectivity index (χ1) is 13.3. The summed E-state index contributed by atoms with van der Waals surface area (Å²) in [5, 5.41) is 3.52. The van der Waals surface area contributed by atoms with Gasteiger partial charge in [0, 0.05) is 28.7 Å². The number of carbonyl (C=O) groups is 2. The minimum absolute atomic E-state index is 0.0334. The van der Waals surface area contributed by atoms with Gasteiger partial charge in [0.2, 0.25) is 11.8 Å². The second kappa shape index (κ2) is 10.4. The Kier molecular flexibility index (Phi) is 8.27. The van der Waals surface area contributed by atoms with Crippen LogP contribution in [0.1, 0.15) is 31.4 Å². The van der Waals surface area contributed by atoms with Crippen molar-refractivity contribution < 1.29 is 14.0 Å². The van der Waals surface area contributed by atoms with Gasteiger partial charge in [-0.3, -0.25) is 9.59 Å². The van der Waals surface area contributed by atoms with Crippen LogP contribution in [0.3, 0.4) is 0 Å². The molecule has 2 aromatic rings. The van der Waals surface area contributed by atoms with Gasteiger partial charge in [-0.25, -0.2) is 4.39 Å². The van der Waals surface area contributed by atoms with Crippen LogP contribution >= 0.6 is 23.2 Å². The first-order valence-electron chi connectivity index (χ1n) is 9.08. The Morgan fingerprint density at radius 1 is 1.11 bits per heavy atom. The number of amides is 2. The number of rotatable bonds is 8. The maximum absolute atomic E-state index is 14.2. The highest BCUT2D eigenvalue weighted by Gasteiger charge is 2.27. The molecule has 2 aromatic carbocycles. The van der Waals surface area contributed by atoms with Crippen LogP contribution in [0.4, 0.5) is 4.39 Å². The Hall–Kier alpha value is -2.11. The number of benzene rings is 2. The molecule has 0 saturated heterocycles. The van der Waals surface area contributed by atoms with E-state index >= 15 is 0 Å². The van der Waals surface area contributed by atoms with Crippen molar-refractivity contribution in [2.45, 2.75) is 39.3 Å². The number of hydrogen-bond donors (Lipinski definition) is 1. The average Bonchev–Trinajstić information content (AvgIpc) is 2.67. The summed E-state index contributed by atoms with van der Waals surface area (Å²) in [4.78, 5) is 26.9. The van der Waals surface area contributed by atoms with E-state index in [1.165, 1.54) is 11.0 Å². The summed E-state index contributed by atoms with van der Waals surface area (Å²) in [6.45, 7) is 4.03. The van der Waals surface area contributed by atoms with E-state index in [0.29, 0.717) is 27.7 Å². The highest BCUT2D eigenvalue weighted by molar-refractivity contribution is 6.36. The molecule has 0 saturated carbocycles. The van der Waals surface area contributed by atoms with E-state index in [2.05, 4.69) is 5.32 Å². The highest BCUT2D eigenvalue weighted by atomic mass is 35.5. The summed E-state index contributed by atoms with van der Waals surface area (Å²) in [7, 11) is 0. The molecular formula is C21H23Cl2FN2O2. The number of halogens is 3. The quantitative estimate of drug-likeness (QED) is 0.671. The molecule has 0 bridgehead atoms. The van der Waals surface area contributed by atoms with Crippen LogP contribution in [0.25, 0.3) is 0 Å². The zero-order chi connectivity index (χ0) is 20.7. The Morgan fingerprint density at radius 2 is 1.75 bits per heavy atom. The van der Waals surface area contributed by atoms with Gasteiger partial charge in [-0.05, 0) is 37.1 Å². The number of nitrogens with one attached hydrogen (secondary N) is 1. The molecule has 1 atom stereocenters. The molecule has 0 aliphatic rings. The lowest BCUT2D eigenvalue weighted by Gasteiger charge is -2.29. The predicted octanol–water partition coefficient (Wildman–Crippen LogP) is 4.62. The summed E-state index contributed by atoms with van der Waals surface area (Å²) < 4.78 is 14.2. The lowest BCUT2D eigenvalue weighted by molar-refractivity contribution is -0.140. The van der Waals surface area contributed by atoms with Crippen molar-refractivity contribution in [1.29, 1.82) is 0 Å². The summed E-state index contributed by atoms with van der Waals surface area (Å²) in [6.07, 6.45) is 0.688. The number of hydrogen-bond acceptors (Lipinski definition) is 2. The predicted molar refractivity (Wildman–Crippen MR) is 110 cm³/mol. The molecule has 4 nitrogen and oxygen atoms in total. The van der Waals surface area contributed by atoms with Gasteiger partial charge in [-0.2, -0.15) is 0 Å². The van der Waals surface area contributed by atoms with Crippen LogP contribution < -0.4 is 5.32 Å². The summed E-state index contributed by atoms with van der Waals surface area (Å²) >= 11 is 12.4. The zero-order valence-corrected chi connectivity index (χ0v) is 17.4. The van der Waals surface area contributed by atoms with Crippen LogP contribution in [-0.4, -0.2) is 29.3 Å². The standard InChI is InChI=1S/C21H23Cl2FN2O2/c1-3-11-25-21(28)14(2)26(13-15-7-4-5-10-19(15)24)20(27)12-16-17(22)8-6-9-18(16)23/h4-10,14H,3,11-13H2,1-2H3,(H,25,28). The van der Waals surface area contributed by atoms with E-state index in [-0.39, 0.29) is 24.8 Å². The van der Waals surface area contributed by atoms with Crippen molar-refractivity contribution in [3.63, 3.8) is 0 Å². The van der Waals surface area contributed by atoms with Crippen molar-refractivity contribution in [1.82, 2.24) is 10.2 Å². The van der Waals surface area contributed by atoms with Crippen molar-refractivity contribution >= 4 is 35.0 Å². The van der Waals surface area contributed by atoms with E-state index in [0.717, 1.165) is 6.42 Å². The van der Waals surface area contributed by atoms with E-state index < -0.39 is 11.9 Å². The van der Waals surface area contributed by atoms with Crippen molar-refractivity contribution in [2.75, 3.05) is 6.54 Å². The molecule has 7 heteroatoms. The molecule has 1 unspecified atom stereocenters. The van der Waals surface area contributed by atoms with E-state index in [1.54, 1.807) is 43.3 Å². The topological polar surface area (TPSA) is 49.4 Å². The maximum atomic E-state index is 14.2. The van der Waals surface area contributed by atoms with Crippen molar-refractivity contribution in [2.24, 2.45) is 0 Å². The van der Waals surface area contributed by atoms with Crippen LogP contribution in [0, 0.1) is 5.82 Å². The molecule has 28 heavy (non-hydrogen) atoms. The highest BCUT2D eigenvalue weighted by Crippen LogP contribution is 2.26. The fourth-order valence-corrected chi connectivity index (χ4v) is 3.27. The molecule has 2 amide bonds. The van der Waals surface area contributed by atoms with Crippen molar-refractivity contribution in [3.8, 4) is 0 Å². The van der Waals surface area contributed by atoms with Crippen LogP contribution in [0.5, 0.6) is 0 Å². The maximum Gasteiger partial charge on any atom is 0.242 e. The second-order valence-electron chi connectivity index (χ2n) is 6.46. The normalized spacial score (nSPS) is 11.8. The second-order valence-corrected chi connectivity index (χ2v) is 7.27. The van der Waals surface area contributed by atoms with Gasteiger partial charge in [-0.15, -0.1) is 0 Å². The van der Waals surface area contributed by atoms with Gasteiger partial charge >= 0.3 is 0 Å². The molecule has 1 N–H and O–H groups in total. The molecule has 0 aromatic heterocycles. The first kappa shape index (κ1) is 22.2. The van der Waals surface area contributed by atoms with Crippen LogP contribution in [-0.2, 0) is 22.6 Å². The third-order valence-electron chi connectivity index (χ3n) is 4.40. The fourth-order valence-electron chi connectivity index (χ4n) is 2.74. The molecular weight excluding hydrogens is 402 g/mol. The molecule has 150 valence electrons. The Balaban J connectivity index is 2.29.